The molecular weight excluding hydrogens is 249 g/mol. The Bertz CT molecular complexity index is 258. The van der Waals surface area contributed by atoms with Crippen molar-refractivity contribution in [1.29, 1.82) is 0 Å². The summed E-state index contributed by atoms with van der Waals surface area (Å²) in [4.78, 5) is 13.1. The Morgan fingerprint density at radius 2 is 2.55 bits per heavy atom. The molecule has 1 rings (SSSR count). The summed E-state index contributed by atoms with van der Waals surface area (Å²) in [6, 6.07) is -0.177. The van der Waals surface area contributed by atoms with Gasteiger partial charge in [-0.05, 0) is 0 Å². The molecule has 0 aliphatic rings. The molecule has 1 heterocycles. The Balaban J connectivity index is 2.80. The topological polar surface area (TPSA) is 46.9 Å². The Morgan fingerprint density at radius 1 is 1.82 bits per heavy atom. The summed E-state index contributed by atoms with van der Waals surface area (Å²) < 4.78 is 2.57. The van der Waals surface area contributed by atoms with E-state index in [0.717, 1.165) is 0 Å². The molecule has 0 bridgehead atoms. The fraction of sp³-hybridized carbons (Fsp3) is 0.333. The Hall–Kier alpha value is -0.521. The van der Waals surface area contributed by atoms with Gasteiger partial charge in [-0.2, -0.15) is 0 Å². The van der Waals surface area contributed by atoms with E-state index in [9.17, 15) is 4.79 Å². The minimum absolute atomic E-state index is 0.177. The third-order valence-electron chi connectivity index (χ3n) is 1.29. The zero-order chi connectivity index (χ0) is 8.27. The van der Waals surface area contributed by atoms with E-state index in [1.807, 2.05) is 0 Å². The molecule has 0 saturated heterocycles. The third kappa shape index (κ3) is 1.95. The normalized spacial score (nSPS) is 9.64. The molecule has 1 amide bonds. The van der Waals surface area contributed by atoms with E-state index in [4.69, 9.17) is 0 Å². The van der Waals surface area contributed by atoms with Crippen molar-refractivity contribution in [3.05, 3.63) is 12.4 Å². The second-order valence-corrected chi connectivity index (χ2v) is 5.05. The second kappa shape index (κ2) is 3.75. The van der Waals surface area contributed by atoms with Gasteiger partial charge in [0.2, 0.25) is 0 Å². The van der Waals surface area contributed by atoms with Gasteiger partial charge in [-0.3, -0.25) is 0 Å². The van der Waals surface area contributed by atoms with Crippen molar-refractivity contribution in [2.24, 2.45) is 0 Å². The van der Waals surface area contributed by atoms with Gasteiger partial charge in [0.25, 0.3) is 0 Å². The van der Waals surface area contributed by atoms with Crippen LogP contribution in [0.3, 0.4) is 0 Å². The minimum atomic E-state index is -0.435. The fourth-order valence-electron chi connectivity index (χ4n) is 0.678. The quantitative estimate of drug-likeness (QED) is 0.687. The van der Waals surface area contributed by atoms with Crippen LogP contribution in [0.15, 0.2) is 12.4 Å². The number of hydrogen-bond donors (Lipinski definition) is 1. The van der Waals surface area contributed by atoms with E-state index in [1.54, 1.807) is 19.4 Å². The average molecular weight is 258 g/mol. The van der Waals surface area contributed by atoms with E-state index in [2.05, 4.69) is 15.4 Å². The first-order chi connectivity index (χ1) is 5.27. The zero-order valence-electron chi connectivity index (χ0n) is 6.46. The van der Waals surface area contributed by atoms with Gasteiger partial charge in [0, 0.05) is 0 Å². The summed E-state index contributed by atoms with van der Waals surface area (Å²) in [6.45, 7) is 0. The number of amides is 1. The van der Waals surface area contributed by atoms with Crippen LogP contribution in [0.4, 0.5) is 4.79 Å². The molecule has 1 aromatic heterocycles. The molecular formula is C6H9N3OSn. The van der Waals surface area contributed by atoms with Crippen LogP contribution in [0.2, 0.25) is 4.94 Å². The van der Waals surface area contributed by atoms with Crippen LogP contribution in [-0.4, -0.2) is 44.0 Å². The maximum absolute atomic E-state index is 11.0. The van der Waals surface area contributed by atoms with Crippen molar-refractivity contribution in [2.45, 2.75) is 4.94 Å². The van der Waals surface area contributed by atoms with E-state index < -0.39 is 21.1 Å². The first kappa shape index (κ1) is 8.57. The summed E-state index contributed by atoms with van der Waals surface area (Å²) >= 11 is -0.435. The van der Waals surface area contributed by atoms with Crippen LogP contribution in [0, 0.1) is 0 Å². The molecule has 5 heteroatoms. The molecule has 11 heavy (non-hydrogen) atoms. The number of nitrogens with zero attached hydrogens (tertiary/aromatic N) is 2. The summed E-state index contributed by atoms with van der Waals surface area (Å²) in [7, 11) is 1.59. The second-order valence-electron chi connectivity index (χ2n) is 1.98. The number of aromatic nitrogens is 2. The summed E-state index contributed by atoms with van der Waals surface area (Å²) in [5.41, 5.74) is 0. The molecule has 1 aromatic rings. The van der Waals surface area contributed by atoms with Crippen molar-refractivity contribution in [3.63, 3.8) is 0 Å². The van der Waals surface area contributed by atoms with Gasteiger partial charge in [-0.1, -0.05) is 0 Å². The van der Waals surface area contributed by atoms with E-state index in [-0.39, 0.29) is 6.03 Å². The third-order valence-corrected chi connectivity index (χ3v) is 3.68. The van der Waals surface area contributed by atoms with Gasteiger partial charge >= 0.3 is 75.0 Å². The fourth-order valence-corrected chi connectivity index (χ4v) is 1.93. The van der Waals surface area contributed by atoms with Crippen molar-refractivity contribution < 1.29 is 4.79 Å². The molecule has 0 unspecified atom stereocenters. The summed E-state index contributed by atoms with van der Waals surface area (Å²) in [5.74, 6) is 0. The number of rotatable bonds is 1. The number of carbonyl (C=O) groups is 1. The van der Waals surface area contributed by atoms with Gasteiger partial charge in [0.05, 0.1) is 0 Å². The predicted molar refractivity (Wildman–Crippen MR) is 43.3 cm³/mol. The first-order valence-electron chi connectivity index (χ1n) is 3.22. The molecule has 0 aliphatic carbocycles. The SMILES string of the molecule is CNC(=O)n1c[c]([Sn][CH3])cn1. The van der Waals surface area contributed by atoms with E-state index >= 15 is 0 Å². The maximum atomic E-state index is 11.0. The van der Waals surface area contributed by atoms with Crippen LogP contribution in [0.5, 0.6) is 0 Å². The Labute approximate surface area is 75.2 Å². The molecule has 0 aromatic carbocycles. The van der Waals surface area contributed by atoms with Crippen LogP contribution in [0.1, 0.15) is 0 Å². The molecule has 0 spiro atoms. The van der Waals surface area contributed by atoms with Crippen LogP contribution in [0.25, 0.3) is 0 Å². The van der Waals surface area contributed by atoms with Gasteiger partial charge < -0.3 is 0 Å². The molecule has 2 radical (unpaired) electrons. The summed E-state index contributed by atoms with van der Waals surface area (Å²) in [6.07, 6.45) is 3.56. The Morgan fingerprint density at radius 3 is 3.00 bits per heavy atom. The van der Waals surface area contributed by atoms with Crippen LogP contribution >= 0.6 is 0 Å². The Kier molecular flexibility index (Phi) is 2.92. The predicted octanol–water partition coefficient (Wildman–Crippen LogP) is -0.552. The first-order valence-corrected chi connectivity index (χ1v) is 7.50. The molecule has 1 N–H and O–H groups in total. The van der Waals surface area contributed by atoms with Crippen molar-refractivity contribution >= 4 is 30.8 Å². The standard InChI is InChI=1S/C5H6N3O.CH3.Sn/c1-6-5(9)8-4-2-3-7-8;;/h3-4H,1H3,(H,6,9);1H3;. The van der Waals surface area contributed by atoms with Crippen LogP contribution < -0.4 is 8.90 Å². The van der Waals surface area contributed by atoms with E-state index in [0.29, 0.717) is 0 Å². The average Bonchev–Trinajstić information content (AvgIpc) is 2.50. The molecule has 58 valence electrons. The van der Waals surface area contributed by atoms with Crippen LogP contribution in [-0.2, 0) is 0 Å². The van der Waals surface area contributed by atoms with Gasteiger partial charge in [-0.15, -0.1) is 0 Å². The molecule has 0 saturated carbocycles. The van der Waals surface area contributed by atoms with Crippen molar-refractivity contribution in [3.8, 4) is 0 Å². The molecule has 0 atom stereocenters. The monoisotopic (exact) mass is 259 g/mol. The number of carbonyl (C=O) groups excluding carboxylic acids is 1. The van der Waals surface area contributed by atoms with Crippen molar-refractivity contribution in [1.82, 2.24) is 15.1 Å². The van der Waals surface area contributed by atoms with Gasteiger partial charge in [0.15, 0.2) is 0 Å². The summed E-state index contributed by atoms with van der Waals surface area (Å²) in [5, 5.41) is 6.40. The molecule has 0 fully saturated rings. The molecule has 0 aliphatic heterocycles. The number of nitrogens with one attached hydrogen (secondary N) is 1. The molecule has 4 nitrogen and oxygen atoms in total. The van der Waals surface area contributed by atoms with Gasteiger partial charge in [0.1, 0.15) is 0 Å². The zero-order valence-corrected chi connectivity index (χ0v) is 9.31. The number of hydrogen-bond acceptors (Lipinski definition) is 2. The van der Waals surface area contributed by atoms with Crippen molar-refractivity contribution in [2.75, 3.05) is 7.05 Å². The van der Waals surface area contributed by atoms with E-state index in [1.165, 1.54) is 8.26 Å². The van der Waals surface area contributed by atoms with Gasteiger partial charge in [-0.25, -0.2) is 0 Å².